The Morgan fingerprint density at radius 2 is 1.54 bits per heavy atom. The van der Waals surface area contributed by atoms with E-state index in [0.29, 0.717) is 25.5 Å². The summed E-state index contributed by atoms with van der Waals surface area (Å²) in [6, 6.07) is 33.1. The minimum atomic E-state index is -0.232. The number of nitrogens with one attached hydrogen (secondary N) is 2. The van der Waals surface area contributed by atoms with Crippen LogP contribution in [0.3, 0.4) is 0 Å². The minimum absolute atomic E-state index is 0.166. The maximum Gasteiger partial charge on any atom is 0.243 e. The number of piperidine rings is 2. The predicted molar refractivity (Wildman–Crippen MR) is 198 cm³/mol. The Morgan fingerprint density at radius 1 is 0.840 bits per heavy atom. The molecule has 4 aromatic rings. The number of imide groups is 1. The third-order valence-electron chi connectivity index (χ3n) is 10.3. The van der Waals surface area contributed by atoms with E-state index in [1.165, 1.54) is 22.3 Å². The van der Waals surface area contributed by atoms with Crippen LogP contribution < -0.4 is 15.4 Å². The van der Waals surface area contributed by atoms with E-state index in [2.05, 4.69) is 94.1 Å². The van der Waals surface area contributed by atoms with Crippen LogP contribution in [0, 0.1) is 0 Å². The van der Waals surface area contributed by atoms with Crippen LogP contribution in [0.2, 0.25) is 0 Å². The van der Waals surface area contributed by atoms with E-state index in [9.17, 15) is 14.7 Å². The number of rotatable bonds is 11. The van der Waals surface area contributed by atoms with Gasteiger partial charge >= 0.3 is 0 Å². The molecule has 2 amide bonds. The van der Waals surface area contributed by atoms with E-state index < -0.39 is 0 Å². The fourth-order valence-corrected chi connectivity index (χ4v) is 7.62. The summed E-state index contributed by atoms with van der Waals surface area (Å²) in [5.41, 5.74) is 9.47. The van der Waals surface area contributed by atoms with Gasteiger partial charge in [-0.15, -0.1) is 0 Å². The van der Waals surface area contributed by atoms with Gasteiger partial charge in [-0.1, -0.05) is 67.6 Å². The van der Waals surface area contributed by atoms with Gasteiger partial charge < -0.3 is 15.2 Å². The summed E-state index contributed by atoms with van der Waals surface area (Å²) < 4.78 is 6.21. The van der Waals surface area contributed by atoms with Crippen LogP contribution >= 0.6 is 0 Å². The molecule has 1 atom stereocenters. The van der Waals surface area contributed by atoms with E-state index in [1.807, 2.05) is 18.2 Å². The SMILES string of the molecule is CCC(=C(c1ccc(O)cc1)c1ccc(OCCN2CCC(Nc3ccc4c(c3)CN(C3CCC(=O)NC3=O)C4)CC2)cc1)c1ccccc1. The quantitative estimate of drug-likeness (QED) is 0.119. The highest BCUT2D eigenvalue weighted by molar-refractivity contribution is 6.00. The number of likely N-dealkylation sites (tertiary alicyclic amines) is 1. The van der Waals surface area contributed by atoms with Crippen molar-refractivity contribution in [1.82, 2.24) is 15.1 Å². The van der Waals surface area contributed by atoms with E-state index in [-0.39, 0.29) is 23.6 Å². The Hall–Kier alpha value is -4.92. The molecule has 3 N–H and O–H groups in total. The number of phenols is 1. The fraction of sp³-hybridized carbons (Fsp3) is 0.333. The Bertz CT molecular complexity index is 1830. The standard InChI is InChI=1S/C42H46N4O4/c1-2-38(29-6-4-3-5-7-29)41(30-9-14-36(47)15-10-30)31-11-16-37(17-12-31)50-25-24-45-22-20-34(21-23-45)43-35-13-8-32-27-46(28-33(32)26-35)39-18-19-40(48)44-42(39)49/h3-17,26,34,39,43,47H,2,18-25,27-28H2,1H3,(H,44,48,49). The number of fused-ring (bicyclic) bond motifs is 1. The van der Waals surface area contributed by atoms with Gasteiger partial charge in [0.15, 0.2) is 0 Å². The lowest BCUT2D eigenvalue weighted by atomic mass is 9.88. The molecule has 3 aliphatic heterocycles. The number of anilines is 1. The fourth-order valence-electron chi connectivity index (χ4n) is 7.62. The molecule has 4 aromatic carbocycles. The third-order valence-corrected chi connectivity index (χ3v) is 10.3. The van der Waals surface area contributed by atoms with Gasteiger partial charge in [-0.25, -0.2) is 0 Å². The van der Waals surface area contributed by atoms with Gasteiger partial charge in [0.1, 0.15) is 18.1 Å². The first-order valence-electron chi connectivity index (χ1n) is 17.9. The molecule has 50 heavy (non-hydrogen) atoms. The van der Waals surface area contributed by atoms with E-state index in [1.54, 1.807) is 12.1 Å². The first-order chi connectivity index (χ1) is 24.4. The van der Waals surface area contributed by atoms with E-state index in [0.717, 1.165) is 80.1 Å². The molecule has 0 spiro atoms. The number of phenolic OH excluding ortho intramolecular Hbond substituents is 1. The zero-order valence-electron chi connectivity index (χ0n) is 28.7. The van der Waals surface area contributed by atoms with Crippen LogP contribution in [0.1, 0.15) is 66.8 Å². The molecule has 7 rings (SSSR count). The van der Waals surface area contributed by atoms with Crippen molar-refractivity contribution in [2.45, 2.75) is 64.2 Å². The normalized spacial score (nSPS) is 19.1. The predicted octanol–water partition coefficient (Wildman–Crippen LogP) is 6.84. The Labute approximate surface area is 294 Å². The summed E-state index contributed by atoms with van der Waals surface area (Å²) in [6.45, 7) is 7.24. The molecule has 2 fully saturated rings. The highest BCUT2D eigenvalue weighted by Gasteiger charge is 2.34. The second-order valence-electron chi connectivity index (χ2n) is 13.6. The third kappa shape index (κ3) is 7.77. The second-order valence-corrected chi connectivity index (χ2v) is 13.6. The van der Waals surface area contributed by atoms with Crippen molar-refractivity contribution in [2.75, 3.05) is 31.6 Å². The molecular weight excluding hydrogens is 624 g/mol. The molecule has 0 aromatic heterocycles. The number of aromatic hydroxyl groups is 1. The highest BCUT2D eigenvalue weighted by atomic mass is 16.5. The molecule has 0 saturated carbocycles. The van der Waals surface area contributed by atoms with Gasteiger partial charge in [-0.05, 0) is 101 Å². The number of amides is 2. The average Bonchev–Trinajstić information content (AvgIpc) is 3.56. The molecule has 0 aliphatic carbocycles. The largest absolute Gasteiger partial charge is 0.508 e. The van der Waals surface area contributed by atoms with Crippen molar-refractivity contribution in [3.05, 3.63) is 125 Å². The van der Waals surface area contributed by atoms with Gasteiger partial charge in [-0.3, -0.25) is 24.7 Å². The maximum absolute atomic E-state index is 12.4. The summed E-state index contributed by atoms with van der Waals surface area (Å²) in [7, 11) is 0. The monoisotopic (exact) mass is 670 g/mol. The van der Waals surface area contributed by atoms with Crippen molar-refractivity contribution in [3.8, 4) is 11.5 Å². The summed E-state index contributed by atoms with van der Waals surface area (Å²) in [4.78, 5) is 28.6. The molecule has 0 radical (unpaired) electrons. The summed E-state index contributed by atoms with van der Waals surface area (Å²) >= 11 is 0. The highest BCUT2D eigenvalue weighted by Crippen LogP contribution is 2.36. The van der Waals surface area contributed by atoms with Crippen LogP contribution in [-0.2, 0) is 22.7 Å². The first-order valence-corrected chi connectivity index (χ1v) is 17.9. The number of carbonyl (C=O) groups excluding carboxylic acids is 2. The molecule has 1 unspecified atom stereocenters. The molecule has 8 nitrogen and oxygen atoms in total. The molecule has 2 saturated heterocycles. The Balaban J connectivity index is 0.900. The lowest BCUT2D eigenvalue weighted by Gasteiger charge is -2.32. The lowest BCUT2D eigenvalue weighted by molar-refractivity contribution is -0.137. The molecule has 0 bridgehead atoms. The maximum atomic E-state index is 12.4. The van der Waals surface area contributed by atoms with Crippen molar-refractivity contribution < 1.29 is 19.4 Å². The molecule has 3 heterocycles. The zero-order valence-corrected chi connectivity index (χ0v) is 28.7. The van der Waals surface area contributed by atoms with Gasteiger partial charge in [0.25, 0.3) is 0 Å². The van der Waals surface area contributed by atoms with Crippen LogP contribution in [0.25, 0.3) is 11.1 Å². The number of carbonyl (C=O) groups is 2. The zero-order chi connectivity index (χ0) is 34.5. The number of ether oxygens (including phenoxy) is 1. The topological polar surface area (TPSA) is 94.1 Å². The molecule has 3 aliphatic rings. The number of hydrogen-bond acceptors (Lipinski definition) is 7. The first kappa shape index (κ1) is 33.6. The van der Waals surface area contributed by atoms with E-state index in [4.69, 9.17) is 4.74 Å². The minimum Gasteiger partial charge on any atom is -0.508 e. The van der Waals surface area contributed by atoms with Crippen molar-refractivity contribution in [2.24, 2.45) is 0 Å². The van der Waals surface area contributed by atoms with Crippen LogP contribution in [0.4, 0.5) is 5.69 Å². The van der Waals surface area contributed by atoms with Crippen molar-refractivity contribution in [1.29, 1.82) is 0 Å². The average molecular weight is 671 g/mol. The number of nitrogens with zero attached hydrogens (tertiary/aromatic N) is 2. The van der Waals surface area contributed by atoms with E-state index >= 15 is 0 Å². The number of hydrogen-bond donors (Lipinski definition) is 3. The molecular formula is C42H46N4O4. The van der Waals surface area contributed by atoms with Gasteiger partial charge in [0.05, 0.1) is 6.04 Å². The van der Waals surface area contributed by atoms with Crippen LogP contribution in [-0.4, -0.2) is 65.0 Å². The molecule has 8 heteroatoms. The number of benzene rings is 4. The second kappa shape index (κ2) is 15.3. The molecule has 258 valence electrons. The Kier molecular flexibility index (Phi) is 10.3. The van der Waals surface area contributed by atoms with Gasteiger partial charge in [-0.2, -0.15) is 0 Å². The van der Waals surface area contributed by atoms with Crippen molar-refractivity contribution >= 4 is 28.6 Å². The smallest absolute Gasteiger partial charge is 0.243 e. The van der Waals surface area contributed by atoms with Crippen LogP contribution in [0.15, 0.2) is 97.1 Å². The van der Waals surface area contributed by atoms with Crippen LogP contribution in [0.5, 0.6) is 11.5 Å². The van der Waals surface area contributed by atoms with Gasteiger partial charge in [0.2, 0.25) is 11.8 Å². The number of allylic oxidation sites excluding steroid dienone is 1. The Morgan fingerprint density at radius 3 is 2.24 bits per heavy atom. The lowest BCUT2D eigenvalue weighted by Crippen LogP contribution is -2.50. The van der Waals surface area contributed by atoms with Gasteiger partial charge in [0, 0.05) is 50.9 Å². The van der Waals surface area contributed by atoms with Crippen molar-refractivity contribution in [3.63, 3.8) is 0 Å². The summed E-state index contributed by atoms with van der Waals surface area (Å²) in [5.74, 6) is 0.787. The summed E-state index contributed by atoms with van der Waals surface area (Å²) in [5, 5.41) is 16.2. The summed E-state index contributed by atoms with van der Waals surface area (Å²) in [6.07, 6.45) is 4.02.